The van der Waals surface area contributed by atoms with E-state index in [0.717, 1.165) is 59.2 Å². The Kier molecular flexibility index (Phi) is 0.967. The summed E-state index contributed by atoms with van der Waals surface area (Å²) in [4.78, 5) is 12.8. The molecule has 4 fully saturated rings. The van der Waals surface area contributed by atoms with E-state index in [1.165, 1.54) is 0 Å². The topological polar surface area (TPSA) is 17.1 Å². The molecule has 0 radical (unpaired) electrons. The molecule has 8 atom stereocenters. The number of carbonyl (C=O) groups is 1. The Hall–Kier alpha value is -0.850. The Morgan fingerprint density at radius 2 is 0.889 bits per heavy atom. The number of ketones is 1. The third kappa shape index (κ3) is 0.510. The molecule has 8 unspecified atom stereocenters. The van der Waals surface area contributed by atoms with Crippen molar-refractivity contribution >= 4 is 5.78 Å². The molecule has 0 N–H and O–H groups in total. The highest BCUT2D eigenvalue weighted by molar-refractivity contribution is 5.91. The standard InChI is InChI=1S/C17H16O/c18-17-15-11-5-1-2-6-10-8-4-3-7(9(5)10)13(11)16(17)14(8)12(6)15/h1-16H. The van der Waals surface area contributed by atoms with Gasteiger partial charge in [-0.3, -0.25) is 4.79 Å². The van der Waals surface area contributed by atoms with E-state index < -0.39 is 0 Å². The molecule has 6 rings (SSSR count). The van der Waals surface area contributed by atoms with Crippen LogP contribution in [0.25, 0.3) is 0 Å². The monoisotopic (exact) mass is 236 g/mol. The second-order valence-electron chi connectivity index (χ2n) is 8.00. The maximum atomic E-state index is 12.8. The van der Waals surface area contributed by atoms with Crippen LogP contribution in [0.4, 0.5) is 0 Å². The first-order chi connectivity index (χ1) is 8.88. The summed E-state index contributed by atoms with van der Waals surface area (Å²) in [5.41, 5.74) is 0. The molecule has 2 bridgehead atoms. The van der Waals surface area contributed by atoms with Gasteiger partial charge in [0.2, 0.25) is 0 Å². The number of carbonyl (C=O) groups excluding carboxylic acids is 1. The van der Waals surface area contributed by atoms with Crippen molar-refractivity contribution in [1.82, 2.24) is 0 Å². The average molecular weight is 236 g/mol. The smallest absolute Gasteiger partial charge is 0.140 e. The van der Waals surface area contributed by atoms with Gasteiger partial charge in [-0.1, -0.05) is 24.3 Å². The van der Waals surface area contributed by atoms with Gasteiger partial charge in [0.15, 0.2) is 0 Å². The SMILES string of the molecule is O=C1C2C3C4C=CC5C6C7C=CC(C46)C3C1C7C52. The Morgan fingerprint density at radius 3 is 1.22 bits per heavy atom. The van der Waals surface area contributed by atoms with Gasteiger partial charge in [0, 0.05) is 11.8 Å². The van der Waals surface area contributed by atoms with E-state index in [-0.39, 0.29) is 0 Å². The lowest BCUT2D eigenvalue weighted by Gasteiger charge is -2.39. The lowest BCUT2D eigenvalue weighted by Crippen LogP contribution is -2.34. The van der Waals surface area contributed by atoms with Gasteiger partial charge in [-0.05, 0) is 59.2 Å². The summed E-state index contributed by atoms with van der Waals surface area (Å²) in [5, 5.41) is 0. The minimum atomic E-state index is 0.484. The van der Waals surface area contributed by atoms with Crippen LogP contribution in [0.3, 0.4) is 0 Å². The zero-order chi connectivity index (χ0) is 11.3. The Morgan fingerprint density at radius 1 is 0.556 bits per heavy atom. The molecule has 0 aromatic heterocycles. The quantitative estimate of drug-likeness (QED) is 0.589. The molecule has 0 amide bonds. The molecule has 0 aromatic rings. The summed E-state index contributed by atoms with van der Waals surface area (Å²) in [5.74, 6) is 9.67. The van der Waals surface area contributed by atoms with E-state index >= 15 is 0 Å². The number of hydrogen-bond acceptors (Lipinski definition) is 1. The zero-order valence-electron chi connectivity index (χ0n) is 10.1. The molecule has 4 saturated carbocycles. The van der Waals surface area contributed by atoms with Crippen LogP contribution in [0, 0.1) is 71.0 Å². The van der Waals surface area contributed by atoms with E-state index in [4.69, 9.17) is 0 Å². The van der Waals surface area contributed by atoms with Gasteiger partial charge in [0.05, 0.1) is 0 Å². The number of fused-ring (bicyclic) bond motifs is 12. The van der Waals surface area contributed by atoms with Crippen LogP contribution in [0.1, 0.15) is 0 Å². The maximum Gasteiger partial charge on any atom is 0.140 e. The molecular weight excluding hydrogens is 220 g/mol. The summed E-state index contributed by atoms with van der Waals surface area (Å²) < 4.78 is 0. The molecule has 18 heavy (non-hydrogen) atoms. The molecule has 6 aliphatic rings. The lowest BCUT2D eigenvalue weighted by molar-refractivity contribution is -0.123. The molecule has 1 nitrogen and oxygen atoms in total. The molecule has 0 aromatic carbocycles. The zero-order valence-corrected chi connectivity index (χ0v) is 10.1. The van der Waals surface area contributed by atoms with Crippen molar-refractivity contribution in [2.75, 3.05) is 0 Å². The first-order valence-electron chi connectivity index (χ1n) is 7.78. The van der Waals surface area contributed by atoms with Gasteiger partial charge in [-0.2, -0.15) is 0 Å². The fourth-order valence-electron chi connectivity index (χ4n) is 8.54. The first-order valence-corrected chi connectivity index (χ1v) is 7.78. The van der Waals surface area contributed by atoms with Crippen LogP contribution in [-0.4, -0.2) is 5.78 Å². The number of allylic oxidation sites excluding steroid dienone is 4. The number of hydrogen-bond donors (Lipinski definition) is 0. The van der Waals surface area contributed by atoms with Gasteiger partial charge in [0.1, 0.15) is 5.78 Å². The minimum Gasteiger partial charge on any atom is -0.299 e. The Bertz CT molecular complexity index is 496. The van der Waals surface area contributed by atoms with Crippen LogP contribution in [0.2, 0.25) is 0 Å². The normalized spacial score (nSPS) is 77.7. The predicted molar refractivity (Wildman–Crippen MR) is 65.2 cm³/mol. The number of Topliss-reactive ketones (excluding diaryl/α,β-unsaturated/α-hetero) is 1. The van der Waals surface area contributed by atoms with E-state index in [1.807, 2.05) is 0 Å². The fourth-order valence-corrected chi connectivity index (χ4v) is 8.54. The second kappa shape index (κ2) is 2.09. The van der Waals surface area contributed by atoms with Crippen LogP contribution in [-0.2, 0) is 4.79 Å². The van der Waals surface area contributed by atoms with E-state index in [9.17, 15) is 4.79 Å². The average Bonchev–Trinajstić information content (AvgIpc) is 2.97. The lowest BCUT2D eigenvalue weighted by atomic mass is 9.65. The molecule has 0 spiro atoms. The van der Waals surface area contributed by atoms with Crippen molar-refractivity contribution in [3.8, 4) is 0 Å². The molecule has 0 heterocycles. The Labute approximate surface area is 106 Å². The summed E-state index contributed by atoms with van der Waals surface area (Å²) in [7, 11) is 0. The van der Waals surface area contributed by atoms with Gasteiger partial charge < -0.3 is 0 Å². The van der Waals surface area contributed by atoms with Crippen LogP contribution in [0.15, 0.2) is 24.3 Å². The molecule has 0 saturated heterocycles. The molecule has 1 heteroatoms. The van der Waals surface area contributed by atoms with E-state index in [1.54, 1.807) is 0 Å². The number of rotatable bonds is 0. The highest BCUT2D eigenvalue weighted by Crippen LogP contribution is 2.81. The summed E-state index contributed by atoms with van der Waals surface area (Å²) >= 11 is 0. The molecular formula is C17H16O. The van der Waals surface area contributed by atoms with Crippen molar-refractivity contribution in [2.45, 2.75) is 0 Å². The molecule has 90 valence electrons. The molecule has 0 aliphatic heterocycles. The minimum absolute atomic E-state index is 0.484. The van der Waals surface area contributed by atoms with Crippen molar-refractivity contribution in [3.05, 3.63) is 24.3 Å². The van der Waals surface area contributed by atoms with Crippen LogP contribution < -0.4 is 0 Å². The Balaban J connectivity index is 1.71. The fraction of sp³-hybridized carbons (Fsp3) is 0.706. The third-order valence-electron chi connectivity index (χ3n) is 8.32. The van der Waals surface area contributed by atoms with Gasteiger partial charge >= 0.3 is 0 Å². The van der Waals surface area contributed by atoms with Crippen LogP contribution >= 0.6 is 0 Å². The summed E-state index contributed by atoms with van der Waals surface area (Å²) in [6.45, 7) is 0. The highest BCUT2D eigenvalue weighted by atomic mass is 16.1. The van der Waals surface area contributed by atoms with E-state index in [0.29, 0.717) is 17.6 Å². The molecule has 6 aliphatic carbocycles. The van der Waals surface area contributed by atoms with Crippen molar-refractivity contribution < 1.29 is 4.79 Å². The first kappa shape index (κ1) is 8.35. The maximum absolute atomic E-state index is 12.8. The third-order valence-corrected chi connectivity index (χ3v) is 8.32. The van der Waals surface area contributed by atoms with Crippen LogP contribution in [0.5, 0.6) is 0 Å². The van der Waals surface area contributed by atoms with Gasteiger partial charge in [-0.25, -0.2) is 0 Å². The highest BCUT2D eigenvalue weighted by Gasteiger charge is 2.81. The second-order valence-corrected chi connectivity index (χ2v) is 8.00. The summed E-state index contributed by atoms with van der Waals surface area (Å²) in [6.07, 6.45) is 10.2. The summed E-state index contributed by atoms with van der Waals surface area (Å²) in [6, 6.07) is 0. The largest absolute Gasteiger partial charge is 0.299 e. The van der Waals surface area contributed by atoms with Crippen molar-refractivity contribution in [2.24, 2.45) is 71.0 Å². The predicted octanol–water partition coefficient (Wildman–Crippen LogP) is 2.16. The van der Waals surface area contributed by atoms with E-state index in [2.05, 4.69) is 24.3 Å². The van der Waals surface area contributed by atoms with Crippen molar-refractivity contribution in [1.29, 1.82) is 0 Å². The van der Waals surface area contributed by atoms with Crippen molar-refractivity contribution in [3.63, 3.8) is 0 Å². The van der Waals surface area contributed by atoms with Gasteiger partial charge in [0.25, 0.3) is 0 Å². The van der Waals surface area contributed by atoms with Gasteiger partial charge in [-0.15, -0.1) is 0 Å².